The highest BCUT2D eigenvalue weighted by Crippen LogP contribution is 2.27. The summed E-state index contributed by atoms with van der Waals surface area (Å²) in [7, 11) is 0. The van der Waals surface area contributed by atoms with E-state index in [0.717, 1.165) is 6.07 Å². The molecule has 0 amide bonds. The van der Waals surface area contributed by atoms with Crippen molar-refractivity contribution in [3.8, 4) is 5.75 Å². The Hall–Kier alpha value is -1.43. The van der Waals surface area contributed by atoms with Gasteiger partial charge in [0.1, 0.15) is 5.75 Å². The van der Waals surface area contributed by atoms with E-state index in [0.29, 0.717) is 0 Å². The molecule has 0 radical (unpaired) electrons. The van der Waals surface area contributed by atoms with Gasteiger partial charge in [0, 0.05) is 0 Å². The summed E-state index contributed by atoms with van der Waals surface area (Å²) in [5, 5.41) is 10.4. The molecule has 0 bridgehead atoms. The maximum Gasteiger partial charge on any atom is 0.573 e. The van der Waals surface area contributed by atoms with Crippen molar-refractivity contribution in [3.63, 3.8) is 0 Å². The topological polar surface area (TPSA) is 41.8 Å². The molecule has 0 fully saturated rings. The minimum Gasteiger partial charge on any atom is -0.410 e. The van der Waals surface area contributed by atoms with E-state index >= 15 is 0 Å². The van der Waals surface area contributed by atoms with Gasteiger partial charge in [0.2, 0.25) is 0 Å². The maximum absolute atomic E-state index is 11.9. The SMILES string of the molecule is O/N=C(/Cl)c1ccccc1OC(F)(F)F. The van der Waals surface area contributed by atoms with Crippen LogP contribution in [0.15, 0.2) is 29.4 Å². The van der Waals surface area contributed by atoms with Crippen molar-refractivity contribution < 1.29 is 23.1 Å². The van der Waals surface area contributed by atoms with Crippen molar-refractivity contribution in [2.75, 3.05) is 0 Å². The Morgan fingerprint density at radius 2 is 1.93 bits per heavy atom. The van der Waals surface area contributed by atoms with Gasteiger partial charge in [0.15, 0.2) is 5.17 Å². The van der Waals surface area contributed by atoms with Crippen molar-refractivity contribution >= 4 is 16.8 Å². The third-order valence-corrected chi connectivity index (χ3v) is 1.70. The lowest BCUT2D eigenvalue weighted by molar-refractivity contribution is -0.274. The standard InChI is InChI=1S/C8H5ClF3NO2/c9-7(13-14)5-3-1-2-4-6(5)15-8(10,11)12/h1-4,14H/b13-7+. The number of rotatable bonds is 2. The van der Waals surface area contributed by atoms with Crippen LogP contribution in [0.25, 0.3) is 0 Å². The number of benzene rings is 1. The van der Waals surface area contributed by atoms with E-state index in [1.807, 2.05) is 0 Å². The molecule has 0 saturated carbocycles. The second-order valence-corrected chi connectivity index (χ2v) is 2.79. The summed E-state index contributed by atoms with van der Waals surface area (Å²) in [6.45, 7) is 0. The van der Waals surface area contributed by atoms with Crippen LogP contribution >= 0.6 is 11.6 Å². The molecule has 0 atom stereocenters. The van der Waals surface area contributed by atoms with Crippen LogP contribution in [0.4, 0.5) is 13.2 Å². The summed E-state index contributed by atoms with van der Waals surface area (Å²) in [4.78, 5) is 0. The van der Waals surface area contributed by atoms with E-state index in [1.54, 1.807) is 0 Å². The van der Waals surface area contributed by atoms with Gasteiger partial charge in [-0.25, -0.2) is 0 Å². The van der Waals surface area contributed by atoms with E-state index in [1.165, 1.54) is 18.2 Å². The van der Waals surface area contributed by atoms with Gasteiger partial charge >= 0.3 is 6.36 Å². The summed E-state index contributed by atoms with van der Waals surface area (Å²) >= 11 is 5.38. The minimum atomic E-state index is -4.82. The van der Waals surface area contributed by atoms with E-state index < -0.39 is 17.3 Å². The lowest BCUT2D eigenvalue weighted by atomic mass is 10.2. The van der Waals surface area contributed by atoms with Crippen LogP contribution in [0, 0.1) is 0 Å². The van der Waals surface area contributed by atoms with Gasteiger partial charge in [-0.2, -0.15) is 0 Å². The van der Waals surface area contributed by atoms with Crippen LogP contribution < -0.4 is 4.74 Å². The van der Waals surface area contributed by atoms with E-state index in [2.05, 4.69) is 9.89 Å². The smallest absolute Gasteiger partial charge is 0.410 e. The highest BCUT2D eigenvalue weighted by atomic mass is 35.5. The molecular formula is C8H5ClF3NO2. The van der Waals surface area contributed by atoms with Crippen molar-refractivity contribution in [2.24, 2.45) is 5.16 Å². The zero-order chi connectivity index (χ0) is 11.5. The van der Waals surface area contributed by atoms with Gasteiger partial charge < -0.3 is 9.94 Å². The molecule has 0 heterocycles. The highest BCUT2D eigenvalue weighted by Gasteiger charge is 2.32. The minimum absolute atomic E-state index is 0.140. The lowest BCUT2D eigenvalue weighted by Gasteiger charge is -2.11. The molecule has 0 unspecified atom stereocenters. The molecule has 0 saturated heterocycles. The van der Waals surface area contributed by atoms with Crippen LogP contribution in [0.1, 0.15) is 5.56 Å². The molecule has 0 aliphatic rings. The quantitative estimate of drug-likeness (QED) is 0.490. The van der Waals surface area contributed by atoms with Gasteiger partial charge in [-0.15, -0.1) is 13.2 Å². The summed E-state index contributed by atoms with van der Waals surface area (Å²) in [5.41, 5.74) is -0.140. The van der Waals surface area contributed by atoms with E-state index in [4.69, 9.17) is 16.8 Å². The van der Waals surface area contributed by atoms with Crippen LogP contribution in [0.5, 0.6) is 5.75 Å². The van der Waals surface area contributed by atoms with Crippen LogP contribution in [-0.4, -0.2) is 16.7 Å². The molecule has 1 N–H and O–H groups in total. The van der Waals surface area contributed by atoms with Crippen molar-refractivity contribution in [1.82, 2.24) is 0 Å². The molecule has 1 rings (SSSR count). The van der Waals surface area contributed by atoms with Crippen LogP contribution in [0.3, 0.4) is 0 Å². The summed E-state index contributed by atoms with van der Waals surface area (Å²) in [5.74, 6) is -0.521. The molecule has 0 aromatic heterocycles. The Morgan fingerprint density at radius 1 is 1.33 bits per heavy atom. The predicted molar refractivity (Wildman–Crippen MR) is 47.3 cm³/mol. The van der Waals surface area contributed by atoms with Crippen molar-refractivity contribution in [2.45, 2.75) is 6.36 Å². The Morgan fingerprint density at radius 3 is 2.47 bits per heavy atom. The second-order valence-electron chi connectivity index (χ2n) is 2.43. The number of hydrogen-bond acceptors (Lipinski definition) is 3. The zero-order valence-electron chi connectivity index (χ0n) is 7.12. The summed E-state index contributed by atoms with van der Waals surface area (Å²) < 4.78 is 39.4. The first-order valence-electron chi connectivity index (χ1n) is 3.67. The third-order valence-electron chi connectivity index (χ3n) is 1.42. The summed E-state index contributed by atoms with van der Waals surface area (Å²) in [6, 6.07) is 5.08. The van der Waals surface area contributed by atoms with Crippen LogP contribution in [0.2, 0.25) is 0 Å². The highest BCUT2D eigenvalue weighted by molar-refractivity contribution is 6.69. The molecule has 0 aliphatic heterocycles. The number of hydrogen-bond donors (Lipinski definition) is 1. The normalized spacial score (nSPS) is 12.7. The monoisotopic (exact) mass is 239 g/mol. The number of oxime groups is 1. The average molecular weight is 240 g/mol. The molecule has 3 nitrogen and oxygen atoms in total. The van der Waals surface area contributed by atoms with Gasteiger partial charge in [0.05, 0.1) is 5.56 Å². The second kappa shape index (κ2) is 4.39. The predicted octanol–water partition coefficient (Wildman–Crippen LogP) is 2.96. The van der Waals surface area contributed by atoms with Gasteiger partial charge in [-0.3, -0.25) is 0 Å². The maximum atomic E-state index is 11.9. The van der Waals surface area contributed by atoms with E-state index in [-0.39, 0.29) is 5.56 Å². The third kappa shape index (κ3) is 3.32. The zero-order valence-corrected chi connectivity index (χ0v) is 7.88. The fourth-order valence-electron chi connectivity index (χ4n) is 0.905. The molecule has 0 spiro atoms. The Labute approximate surface area is 87.7 Å². The molecular weight excluding hydrogens is 235 g/mol. The Kier molecular flexibility index (Phi) is 3.41. The van der Waals surface area contributed by atoms with Gasteiger partial charge in [0.25, 0.3) is 0 Å². The van der Waals surface area contributed by atoms with Crippen molar-refractivity contribution in [3.05, 3.63) is 29.8 Å². The number of ether oxygens (including phenoxy) is 1. The van der Waals surface area contributed by atoms with Gasteiger partial charge in [-0.05, 0) is 12.1 Å². The average Bonchev–Trinajstić information content (AvgIpc) is 2.15. The fraction of sp³-hybridized carbons (Fsp3) is 0.125. The Balaban J connectivity index is 3.07. The fourth-order valence-corrected chi connectivity index (χ4v) is 1.06. The first-order chi connectivity index (χ1) is 6.94. The van der Waals surface area contributed by atoms with Gasteiger partial charge in [-0.1, -0.05) is 28.9 Å². The first-order valence-corrected chi connectivity index (χ1v) is 4.04. The molecule has 7 heteroatoms. The number of para-hydroxylation sites is 1. The molecule has 0 aliphatic carbocycles. The lowest BCUT2D eigenvalue weighted by Crippen LogP contribution is -2.18. The number of alkyl halides is 3. The number of nitrogens with zero attached hydrogens (tertiary/aromatic N) is 1. The molecule has 15 heavy (non-hydrogen) atoms. The van der Waals surface area contributed by atoms with E-state index in [9.17, 15) is 13.2 Å². The summed E-state index contributed by atoms with van der Waals surface area (Å²) in [6.07, 6.45) is -4.82. The first kappa shape index (κ1) is 11.6. The molecule has 1 aromatic carbocycles. The van der Waals surface area contributed by atoms with Crippen molar-refractivity contribution in [1.29, 1.82) is 0 Å². The van der Waals surface area contributed by atoms with Crippen LogP contribution in [-0.2, 0) is 0 Å². The Bertz CT molecular complexity index is 378. The molecule has 82 valence electrons. The largest absolute Gasteiger partial charge is 0.573 e. The molecule has 1 aromatic rings. The number of halogens is 4.